The highest BCUT2D eigenvalue weighted by molar-refractivity contribution is 7.16. The Kier molecular flexibility index (Phi) is 4.88. The number of benzene rings is 1. The molecule has 2 amide bonds. The lowest BCUT2D eigenvalue weighted by molar-refractivity contribution is -0.117. The van der Waals surface area contributed by atoms with Gasteiger partial charge in [-0.15, -0.1) is 11.3 Å². The van der Waals surface area contributed by atoms with E-state index in [0.29, 0.717) is 22.3 Å². The minimum atomic E-state index is -0.326. The van der Waals surface area contributed by atoms with Crippen LogP contribution in [0.25, 0.3) is 10.8 Å². The van der Waals surface area contributed by atoms with Crippen LogP contribution in [0.2, 0.25) is 0 Å². The zero-order chi connectivity index (χ0) is 18.6. The lowest BCUT2D eigenvalue weighted by Crippen LogP contribution is -2.42. The molecule has 0 spiro atoms. The molecule has 1 N–H and O–H groups in total. The standard InChI is InChI=1S/C19H17N5O2S/c25-16(24-10-3-6-13-5-1-2-7-14(13)24)12-22-18(26)15-11-23-19(27-15)17-20-8-4-9-21-17/h1-2,4-5,7-9,11H,3,6,10,12H2,(H,22,26). The number of hydrogen-bond acceptors (Lipinski definition) is 6. The molecule has 0 fully saturated rings. The van der Waals surface area contributed by atoms with Crippen molar-refractivity contribution in [3.05, 3.63) is 59.4 Å². The molecule has 7 nitrogen and oxygen atoms in total. The molecule has 1 aromatic carbocycles. The van der Waals surface area contributed by atoms with Gasteiger partial charge in [0.15, 0.2) is 10.8 Å². The van der Waals surface area contributed by atoms with Crippen LogP contribution in [0.1, 0.15) is 21.7 Å². The van der Waals surface area contributed by atoms with Gasteiger partial charge in [0.2, 0.25) is 5.91 Å². The van der Waals surface area contributed by atoms with Crippen molar-refractivity contribution < 1.29 is 9.59 Å². The van der Waals surface area contributed by atoms with Crippen LogP contribution < -0.4 is 10.2 Å². The number of thiazole rings is 1. The Morgan fingerprint density at radius 2 is 1.93 bits per heavy atom. The molecular weight excluding hydrogens is 362 g/mol. The van der Waals surface area contributed by atoms with E-state index in [1.54, 1.807) is 23.4 Å². The van der Waals surface area contributed by atoms with Crippen molar-refractivity contribution in [1.29, 1.82) is 0 Å². The summed E-state index contributed by atoms with van der Waals surface area (Å²) in [5.74, 6) is 0.0301. The molecular formula is C19H17N5O2S. The number of carbonyl (C=O) groups excluding carboxylic acids is 2. The second kappa shape index (κ2) is 7.63. The molecule has 0 unspecified atom stereocenters. The maximum absolute atomic E-state index is 12.6. The summed E-state index contributed by atoms with van der Waals surface area (Å²) in [7, 11) is 0. The summed E-state index contributed by atoms with van der Waals surface area (Å²) >= 11 is 1.20. The minimum Gasteiger partial charge on any atom is -0.342 e. The minimum absolute atomic E-state index is 0.0533. The number of aryl methyl sites for hydroxylation is 1. The fourth-order valence-corrected chi connectivity index (χ4v) is 3.80. The molecule has 2 aromatic heterocycles. The molecule has 0 atom stereocenters. The quantitative estimate of drug-likeness (QED) is 0.752. The van der Waals surface area contributed by atoms with Gasteiger partial charge in [0.05, 0.1) is 12.7 Å². The third-order valence-electron chi connectivity index (χ3n) is 4.30. The molecule has 0 radical (unpaired) electrons. The Balaban J connectivity index is 1.40. The lowest BCUT2D eigenvalue weighted by Gasteiger charge is -2.29. The van der Waals surface area contributed by atoms with E-state index in [2.05, 4.69) is 20.3 Å². The SMILES string of the molecule is O=C(NCC(=O)N1CCCc2ccccc21)c1cnc(-c2ncccn2)s1. The normalized spacial score (nSPS) is 13.1. The number of nitrogens with one attached hydrogen (secondary N) is 1. The van der Waals surface area contributed by atoms with Crippen molar-refractivity contribution in [2.24, 2.45) is 0 Å². The van der Waals surface area contributed by atoms with Gasteiger partial charge in [0, 0.05) is 24.6 Å². The first-order chi connectivity index (χ1) is 13.2. The van der Waals surface area contributed by atoms with Crippen molar-refractivity contribution in [3.8, 4) is 10.8 Å². The van der Waals surface area contributed by atoms with E-state index in [1.807, 2.05) is 24.3 Å². The molecule has 0 aliphatic carbocycles. The van der Waals surface area contributed by atoms with E-state index in [4.69, 9.17) is 0 Å². The number of aromatic nitrogens is 3. The first-order valence-electron chi connectivity index (χ1n) is 8.62. The molecule has 0 bridgehead atoms. The summed E-state index contributed by atoms with van der Waals surface area (Å²) in [6.45, 7) is 0.615. The smallest absolute Gasteiger partial charge is 0.263 e. The largest absolute Gasteiger partial charge is 0.342 e. The number of rotatable bonds is 4. The Morgan fingerprint density at radius 3 is 2.78 bits per heavy atom. The summed E-state index contributed by atoms with van der Waals surface area (Å²) in [5.41, 5.74) is 2.10. The third kappa shape index (κ3) is 3.70. The fraction of sp³-hybridized carbons (Fsp3) is 0.211. The van der Waals surface area contributed by atoms with Crippen LogP contribution in [0.4, 0.5) is 5.69 Å². The van der Waals surface area contributed by atoms with Crippen LogP contribution in [0, 0.1) is 0 Å². The van der Waals surface area contributed by atoms with Gasteiger partial charge < -0.3 is 10.2 Å². The zero-order valence-corrected chi connectivity index (χ0v) is 15.3. The van der Waals surface area contributed by atoms with E-state index in [0.717, 1.165) is 18.5 Å². The Morgan fingerprint density at radius 1 is 1.11 bits per heavy atom. The van der Waals surface area contributed by atoms with Gasteiger partial charge >= 0.3 is 0 Å². The van der Waals surface area contributed by atoms with E-state index in [9.17, 15) is 9.59 Å². The molecule has 4 rings (SSSR count). The number of hydrogen-bond donors (Lipinski definition) is 1. The first-order valence-corrected chi connectivity index (χ1v) is 9.44. The van der Waals surface area contributed by atoms with E-state index < -0.39 is 0 Å². The average Bonchev–Trinajstić information content (AvgIpc) is 3.22. The second-order valence-electron chi connectivity index (χ2n) is 6.06. The highest BCUT2D eigenvalue weighted by Gasteiger charge is 2.22. The number of nitrogens with zero attached hydrogens (tertiary/aromatic N) is 4. The van der Waals surface area contributed by atoms with Crippen LogP contribution in [0.3, 0.4) is 0 Å². The van der Waals surface area contributed by atoms with Crippen molar-refractivity contribution in [3.63, 3.8) is 0 Å². The van der Waals surface area contributed by atoms with Crippen molar-refractivity contribution in [1.82, 2.24) is 20.3 Å². The predicted molar refractivity (Wildman–Crippen MR) is 103 cm³/mol. The van der Waals surface area contributed by atoms with Crippen LogP contribution in [0.5, 0.6) is 0 Å². The summed E-state index contributed by atoms with van der Waals surface area (Å²) < 4.78 is 0. The number of carbonyl (C=O) groups is 2. The molecule has 136 valence electrons. The third-order valence-corrected chi connectivity index (χ3v) is 5.29. The molecule has 8 heteroatoms. The highest BCUT2D eigenvalue weighted by atomic mass is 32.1. The Bertz CT molecular complexity index is 973. The van der Waals surface area contributed by atoms with Crippen molar-refractivity contribution in [2.75, 3.05) is 18.0 Å². The lowest BCUT2D eigenvalue weighted by atomic mass is 10.0. The molecule has 0 saturated heterocycles. The predicted octanol–water partition coefficient (Wildman–Crippen LogP) is 2.31. The topological polar surface area (TPSA) is 88.1 Å². The Hall–Kier alpha value is -3.13. The molecule has 3 aromatic rings. The van der Waals surface area contributed by atoms with Crippen molar-refractivity contribution >= 4 is 28.8 Å². The maximum Gasteiger partial charge on any atom is 0.263 e. The van der Waals surface area contributed by atoms with Gasteiger partial charge in [-0.3, -0.25) is 9.59 Å². The van der Waals surface area contributed by atoms with E-state index in [1.165, 1.54) is 23.1 Å². The first kappa shape index (κ1) is 17.3. The highest BCUT2D eigenvalue weighted by Crippen LogP contribution is 2.26. The van der Waals surface area contributed by atoms with Gasteiger partial charge in [-0.2, -0.15) is 0 Å². The van der Waals surface area contributed by atoms with Crippen LogP contribution >= 0.6 is 11.3 Å². The fourth-order valence-electron chi connectivity index (χ4n) is 3.02. The maximum atomic E-state index is 12.6. The summed E-state index contributed by atoms with van der Waals surface area (Å²) in [6, 6.07) is 9.61. The van der Waals surface area contributed by atoms with E-state index >= 15 is 0 Å². The van der Waals surface area contributed by atoms with E-state index in [-0.39, 0.29) is 18.4 Å². The number of amides is 2. The molecule has 1 aliphatic heterocycles. The molecule has 27 heavy (non-hydrogen) atoms. The van der Waals surface area contributed by atoms with Crippen LogP contribution in [-0.4, -0.2) is 39.9 Å². The Labute approximate surface area is 160 Å². The van der Waals surface area contributed by atoms with Crippen molar-refractivity contribution in [2.45, 2.75) is 12.8 Å². The van der Waals surface area contributed by atoms with Gasteiger partial charge in [0.25, 0.3) is 5.91 Å². The summed E-state index contributed by atoms with van der Waals surface area (Å²) in [6.07, 6.45) is 6.62. The number of para-hydroxylation sites is 1. The monoisotopic (exact) mass is 379 g/mol. The zero-order valence-electron chi connectivity index (χ0n) is 14.5. The van der Waals surface area contributed by atoms with Gasteiger partial charge in [-0.1, -0.05) is 18.2 Å². The second-order valence-corrected chi connectivity index (χ2v) is 7.09. The molecule has 1 aliphatic rings. The number of fused-ring (bicyclic) bond motifs is 1. The van der Waals surface area contributed by atoms with Gasteiger partial charge in [-0.05, 0) is 30.5 Å². The summed E-state index contributed by atoms with van der Waals surface area (Å²) in [5, 5.41) is 3.26. The number of anilines is 1. The summed E-state index contributed by atoms with van der Waals surface area (Å²) in [4.78, 5) is 39.6. The van der Waals surface area contributed by atoms with Crippen LogP contribution in [0.15, 0.2) is 48.9 Å². The molecule has 3 heterocycles. The molecule has 0 saturated carbocycles. The van der Waals surface area contributed by atoms with Crippen LogP contribution in [-0.2, 0) is 11.2 Å². The van der Waals surface area contributed by atoms with Gasteiger partial charge in [0.1, 0.15) is 4.88 Å². The average molecular weight is 379 g/mol. The van der Waals surface area contributed by atoms with Gasteiger partial charge in [-0.25, -0.2) is 15.0 Å².